The molecule has 64 valence electrons. The van der Waals surface area contributed by atoms with E-state index >= 15 is 0 Å². The van der Waals surface area contributed by atoms with E-state index in [2.05, 4.69) is 0 Å². The topological polar surface area (TPSA) is 0 Å². The summed E-state index contributed by atoms with van der Waals surface area (Å²) < 4.78 is 14.7. The van der Waals surface area contributed by atoms with Crippen molar-refractivity contribution in [1.82, 2.24) is 0 Å². The van der Waals surface area contributed by atoms with Crippen LogP contribution in [-0.2, 0) is 0 Å². The van der Waals surface area contributed by atoms with Gasteiger partial charge in [-0.25, -0.2) is 0 Å². The molecule has 0 amide bonds. The van der Waals surface area contributed by atoms with Gasteiger partial charge >= 0.3 is 107 Å². The average molecular weight is 436 g/mol. The third-order valence-corrected chi connectivity index (χ3v) is 12.9. The molecule has 0 fully saturated rings. The van der Waals surface area contributed by atoms with Gasteiger partial charge in [-0.05, 0) is 0 Å². The van der Waals surface area contributed by atoms with Gasteiger partial charge in [0.25, 0.3) is 0 Å². The van der Waals surface area contributed by atoms with Crippen LogP contribution in [0.2, 0.25) is 0 Å². The first kappa shape index (κ1) is 7.17. The molecule has 0 bridgehead atoms. The molecule has 0 spiro atoms. The van der Waals surface area contributed by atoms with E-state index in [0.29, 0.717) is 0 Å². The van der Waals surface area contributed by atoms with Gasteiger partial charge in [-0.15, -0.1) is 0 Å². The van der Waals surface area contributed by atoms with E-state index in [1.54, 1.807) is 0 Å². The van der Waals surface area contributed by atoms with E-state index in [1.165, 1.54) is 0 Å². The van der Waals surface area contributed by atoms with E-state index in [1.807, 2.05) is 46.9 Å². The fraction of sp³-hybridized carbons (Fsp3) is 0. The molecule has 4 heterocycles. The third kappa shape index (κ3) is 0.636. The van der Waals surface area contributed by atoms with Crippen LogP contribution in [0.25, 0.3) is 0 Å². The standard InChI is InChI=1S/C10Se4/c11-3-1(4-8(12-4)7(3)11)2-5-9(13-5)10-6(2)14-10. The van der Waals surface area contributed by atoms with Crippen LogP contribution < -0.4 is 0 Å². The summed E-state index contributed by atoms with van der Waals surface area (Å²) in [4.78, 5) is 0. The van der Waals surface area contributed by atoms with E-state index < -0.39 is 0 Å². The van der Waals surface area contributed by atoms with Crippen LogP contribution >= 0.6 is 0 Å². The van der Waals surface area contributed by atoms with Crippen molar-refractivity contribution in [1.29, 1.82) is 0 Å². The molecule has 6 aliphatic rings. The molecule has 0 saturated heterocycles. The Balaban J connectivity index is 1.77. The molecule has 2 aliphatic carbocycles. The van der Waals surface area contributed by atoms with Crippen molar-refractivity contribution in [2.24, 2.45) is 0 Å². The second kappa shape index (κ2) is 1.86. The fourth-order valence-corrected chi connectivity index (χ4v) is 13.2. The summed E-state index contributed by atoms with van der Waals surface area (Å²) in [5.41, 5.74) is 3.62. The summed E-state index contributed by atoms with van der Waals surface area (Å²) in [6, 6.07) is 0. The molecule has 4 aliphatic heterocycles. The number of hydrogen-bond donors (Lipinski definition) is 0. The van der Waals surface area contributed by atoms with Crippen molar-refractivity contribution in [3.8, 4) is 0 Å². The fourth-order valence-electron chi connectivity index (χ4n) is 2.22. The van der Waals surface area contributed by atoms with Gasteiger partial charge in [-0.1, -0.05) is 0 Å². The maximum atomic E-state index is 1.84. The molecule has 0 radical (unpaired) electrons. The minimum atomic E-state index is 0.841. The Hall–Kier alpha value is 0.778. The van der Waals surface area contributed by atoms with Crippen LogP contribution in [0.5, 0.6) is 0 Å². The van der Waals surface area contributed by atoms with Crippen molar-refractivity contribution in [2.45, 2.75) is 0 Å². The third-order valence-electron chi connectivity index (χ3n) is 3.05. The van der Waals surface area contributed by atoms with Gasteiger partial charge in [-0.2, -0.15) is 0 Å². The summed E-state index contributed by atoms with van der Waals surface area (Å²) in [5, 5.41) is 0. The van der Waals surface area contributed by atoms with Gasteiger partial charge in [0.05, 0.1) is 0 Å². The van der Waals surface area contributed by atoms with Crippen LogP contribution in [0.1, 0.15) is 0 Å². The normalized spacial score (nSPS) is 32.6. The van der Waals surface area contributed by atoms with Gasteiger partial charge in [0.15, 0.2) is 0 Å². The molecule has 14 heavy (non-hydrogen) atoms. The van der Waals surface area contributed by atoms with Crippen LogP contribution in [0.3, 0.4) is 0 Å². The zero-order valence-corrected chi connectivity index (χ0v) is 13.5. The zero-order chi connectivity index (χ0) is 8.60. The number of fused-ring (bicyclic) bond motifs is 2. The molecule has 0 atom stereocenters. The van der Waals surface area contributed by atoms with E-state index in [4.69, 9.17) is 0 Å². The molecule has 0 aromatic heterocycles. The Labute approximate surface area is 106 Å². The molecule has 0 aromatic rings. The van der Waals surface area contributed by atoms with Crippen LogP contribution in [0.15, 0.2) is 46.9 Å². The summed E-state index contributed by atoms with van der Waals surface area (Å²) in [7, 11) is 0. The molecule has 0 nitrogen and oxygen atoms in total. The monoisotopic (exact) mass is 440 g/mol. The van der Waals surface area contributed by atoms with Crippen molar-refractivity contribution in [3.05, 3.63) is 46.9 Å². The van der Waals surface area contributed by atoms with Crippen molar-refractivity contribution >= 4 is 59.8 Å². The molecular weight excluding hydrogens is 436 g/mol. The van der Waals surface area contributed by atoms with E-state index in [9.17, 15) is 0 Å². The Morgan fingerprint density at radius 2 is 0.643 bits per heavy atom. The zero-order valence-electron chi connectivity index (χ0n) is 6.63. The minimum absolute atomic E-state index is 0.841. The van der Waals surface area contributed by atoms with E-state index in [0.717, 1.165) is 59.8 Å². The Morgan fingerprint density at radius 1 is 0.357 bits per heavy atom. The second-order valence-corrected chi connectivity index (χ2v) is 12.4. The molecule has 0 unspecified atom stereocenters. The van der Waals surface area contributed by atoms with Crippen LogP contribution in [-0.4, -0.2) is 59.8 Å². The quantitative estimate of drug-likeness (QED) is 0.471. The van der Waals surface area contributed by atoms with Crippen molar-refractivity contribution in [3.63, 3.8) is 0 Å². The molecular formula is C10Se4. The SMILES string of the molecule is [Se]1C2=C1C(=C1C3=C([Se]3)C3=C1[Se]3)C1=C2[Se]1. The number of rotatable bonds is 0. The Bertz CT molecular complexity index is 552. The Morgan fingerprint density at radius 3 is 0.929 bits per heavy atom. The van der Waals surface area contributed by atoms with E-state index in [-0.39, 0.29) is 0 Å². The summed E-state index contributed by atoms with van der Waals surface area (Å²) in [6.07, 6.45) is 0. The van der Waals surface area contributed by atoms with Gasteiger partial charge in [-0.3, -0.25) is 0 Å². The van der Waals surface area contributed by atoms with Crippen LogP contribution in [0, 0.1) is 0 Å². The first-order valence-electron chi connectivity index (χ1n) is 4.38. The number of hydrogen-bond acceptors (Lipinski definition) is 0. The Kier molecular flexibility index (Phi) is 0.953. The summed E-state index contributed by atoms with van der Waals surface area (Å²) >= 11 is 3.36. The predicted molar refractivity (Wildman–Crippen MR) is 58.1 cm³/mol. The van der Waals surface area contributed by atoms with Gasteiger partial charge < -0.3 is 0 Å². The van der Waals surface area contributed by atoms with Gasteiger partial charge in [0, 0.05) is 0 Å². The summed E-state index contributed by atoms with van der Waals surface area (Å²) in [6.45, 7) is 0. The van der Waals surface area contributed by atoms with Gasteiger partial charge in [0.2, 0.25) is 0 Å². The molecule has 0 N–H and O–H groups in total. The summed E-state index contributed by atoms with van der Waals surface area (Å²) in [5.74, 6) is 0. The predicted octanol–water partition coefficient (Wildman–Crippen LogP) is 0.0278. The molecule has 0 saturated carbocycles. The average Bonchev–Trinajstić information content (AvgIpc) is 2.97. The van der Waals surface area contributed by atoms with Crippen molar-refractivity contribution in [2.75, 3.05) is 0 Å². The van der Waals surface area contributed by atoms with Crippen LogP contribution in [0.4, 0.5) is 0 Å². The van der Waals surface area contributed by atoms with Crippen molar-refractivity contribution < 1.29 is 0 Å². The first-order chi connectivity index (χ1) is 6.93. The maximum absolute atomic E-state index is 1.84. The molecule has 0 aromatic carbocycles. The molecule has 6 rings (SSSR count). The second-order valence-electron chi connectivity index (χ2n) is 3.79. The molecule has 4 heteroatoms. The van der Waals surface area contributed by atoms with Gasteiger partial charge in [0.1, 0.15) is 0 Å². The number of allylic oxidation sites excluding steroid dienone is 10. The first-order valence-corrected chi connectivity index (χ1v) is 11.2.